The number of benzene rings is 2. The van der Waals surface area contributed by atoms with Crippen molar-refractivity contribution in [3.8, 4) is 11.5 Å². The lowest BCUT2D eigenvalue weighted by Gasteiger charge is -2.29. The van der Waals surface area contributed by atoms with Crippen LogP contribution in [-0.2, 0) is 28.5 Å². The number of nitro benzene ring substituents is 2. The Balaban J connectivity index is 0.00000115. The van der Waals surface area contributed by atoms with Gasteiger partial charge in [0.1, 0.15) is 23.7 Å². The van der Waals surface area contributed by atoms with E-state index in [2.05, 4.69) is 12.2 Å². The molecule has 7 N–H and O–H groups in total. The summed E-state index contributed by atoms with van der Waals surface area (Å²) in [7, 11) is 2.01. The molecule has 0 aliphatic heterocycles. The second-order valence-corrected chi connectivity index (χ2v) is 13.1. The number of hydrogen-bond acceptors (Lipinski definition) is 21. The number of nitrogens with one attached hydrogen (secondary N) is 1. The molecule has 8 atom stereocenters. The van der Waals surface area contributed by atoms with Crippen molar-refractivity contribution in [3.63, 3.8) is 0 Å². The Morgan fingerprint density at radius 1 is 0.613 bits per heavy atom. The van der Waals surface area contributed by atoms with Gasteiger partial charge in [-0.1, -0.05) is 40.0 Å². The van der Waals surface area contributed by atoms with Gasteiger partial charge in [0.25, 0.3) is 11.4 Å². The first kappa shape index (κ1) is 56.4. The number of unbranched alkanes of at least 4 members (excludes halogenated alkanes) is 3. The van der Waals surface area contributed by atoms with Crippen LogP contribution >= 0.6 is 0 Å². The molecule has 0 radical (unpaired) electrons. The fraction of sp³-hybridized carbons (Fsp3) is 0.590. The van der Waals surface area contributed by atoms with Crippen LogP contribution in [0.25, 0.3) is 0 Å². The molecular formula is C39H59N3O20. The van der Waals surface area contributed by atoms with Crippen molar-refractivity contribution >= 4 is 35.6 Å². The van der Waals surface area contributed by atoms with Crippen LogP contribution in [0.15, 0.2) is 48.5 Å². The summed E-state index contributed by atoms with van der Waals surface area (Å²) in [6, 6.07) is 8.71. The van der Waals surface area contributed by atoms with E-state index in [0.29, 0.717) is 0 Å². The van der Waals surface area contributed by atoms with Gasteiger partial charge in [-0.25, -0.2) is 9.59 Å². The van der Waals surface area contributed by atoms with Gasteiger partial charge in [-0.2, -0.15) is 0 Å². The molecule has 0 aliphatic carbocycles. The molecule has 0 aliphatic rings. The smallest absolute Gasteiger partial charge is 0.457 e. The van der Waals surface area contributed by atoms with Crippen molar-refractivity contribution in [3.05, 3.63) is 68.8 Å². The number of nitrogens with zero attached hydrogens (tertiary/aromatic N) is 2. The van der Waals surface area contributed by atoms with Crippen LogP contribution in [0, 0.1) is 20.2 Å². The van der Waals surface area contributed by atoms with Gasteiger partial charge in [-0.15, -0.1) is 0 Å². The second-order valence-electron chi connectivity index (χ2n) is 13.1. The van der Waals surface area contributed by atoms with E-state index in [4.69, 9.17) is 33.5 Å². The zero-order valence-electron chi connectivity index (χ0n) is 35.4. The first-order chi connectivity index (χ1) is 29.3. The number of carbonyl (C=O) groups is 4. The molecule has 0 fully saturated rings. The highest BCUT2D eigenvalue weighted by molar-refractivity contribution is 5.70. The molecule has 0 heterocycles. The van der Waals surface area contributed by atoms with Gasteiger partial charge in [0.2, 0.25) is 0 Å². The average molecular weight is 890 g/mol. The predicted octanol–water partition coefficient (Wildman–Crippen LogP) is 2.86. The summed E-state index contributed by atoms with van der Waals surface area (Å²) in [5, 5.41) is 82.8. The number of esters is 2. The standard InChI is InChI=1S/C20H20N2O13.C12H22O7.C7H17N/c1-11(24)18(35-20(27)33-15-8-4-13(5-9-15)22(30)31)17(25)16(10-23)34-19(26)32-14-6-2-12(3-7-14)21(28)29;1-4-9(15)18-8(6-13)11(17)12(7(3)14)19-10(16)5-2;1-3-4-5-6-7-8-2/h2-9,11,16-18,23-25H,10H2,1H3;7-8,11-14,17H,4-6H2,1-3H3;8H,3-7H2,1-2H3. The molecule has 0 bridgehead atoms. The van der Waals surface area contributed by atoms with Crippen molar-refractivity contribution in [2.45, 2.75) is 122 Å². The van der Waals surface area contributed by atoms with Crippen LogP contribution in [0.4, 0.5) is 21.0 Å². The van der Waals surface area contributed by atoms with Gasteiger partial charge in [0.15, 0.2) is 24.4 Å². The van der Waals surface area contributed by atoms with Gasteiger partial charge < -0.3 is 64.4 Å². The number of rotatable bonds is 23. The van der Waals surface area contributed by atoms with Crippen molar-refractivity contribution in [1.29, 1.82) is 0 Å². The molecule has 0 saturated heterocycles. The summed E-state index contributed by atoms with van der Waals surface area (Å²) in [6.45, 7) is 7.39. The number of carbonyl (C=O) groups excluding carboxylic acids is 4. The Morgan fingerprint density at radius 3 is 1.35 bits per heavy atom. The maximum atomic E-state index is 12.1. The third-order valence-corrected chi connectivity index (χ3v) is 8.13. The normalized spacial score (nSPS) is 14.5. The summed E-state index contributed by atoms with van der Waals surface area (Å²) in [5.74, 6) is -1.49. The monoisotopic (exact) mass is 889 g/mol. The van der Waals surface area contributed by atoms with Crippen molar-refractivity contribution in [2.75, 3.05) is 26.8 Å². The Morgan fingerprint density at radius 2 is 1.00 bits per heavy atom. The van der Waals surface area contributed by atoms with Crippen LogP contribution in [-0.4, -0.2) is 140 Å². The van der Waals surface area contributed by atoms with Crippen LogP contribution in [0.2, 0.25) is 0 Å². The Bertz CT molecular complexity index is 1620. The van der Waals surface area contributed by atoms with Crippen molar-refractivity contribution < 1.29 is 88.1 Å². The van der Waals surface area contributed by atoms with Gasteiger partial charge >= 0.3 is 24.2 Å². The summed E-state index contributed by atoms with van der Waals surface area (Å²) in [6.07, 6.45) is -9.35. The molecule has 2 rings (SSSR count). The van der Waals surface area contributed by atoms with Gasteiger partial charge in [-0.05, 0) is 58.1 Å². The quantitative estimate of drug-likeness (QED) is 0.0211. The molecule has 0 amide bonds. The fourth-order valence-corrected chi connectivity index (χ4v) is 4.72. The Labute approximate surface area is 357 Å². The minimum atomic E-state index is -1.95. The van der Waals surface area contributed by atoms with Gasteiger partial charge in [0, 0.05) is 37.1 Å². The summed E-state index contributed by atoms with van der Waals surface area (Å²) < 4.78 is 29.0. The number of ether oxygens (including phenoxy) is 6. The van der Waals surface area contributed by atoms with E-state index in [9.17, 15) is 64.9 Å². The Kier molecular flexibility index (Phi) is 28.5. The van der Waals surface area contributed by atoms with Crippen LogP contribution < -0.4 is 14.8 Å². The average Bonchev–Trinajstić information content (AvgIpc) is 3.24. The number of aliphatic hydroxyl groups excluding tert-OH is 6. The van der Waals surface area contributed by atoms with E-state index in [1.54, 1.807) is 13.8 Å². The number of non-ortho nitro benzene ring substituents is 2. The molecule has 0 aromatic heterocycles. The molecule has 350 valence electrons. The lowest BCUT2D eigenvalue weighted by Crippen LogP contribution is -2.49. The highest BCUT2D eigenvalue weighted by atomic mass is 16.7. The van der Waals surface area contributed by atoms with E-state index in [0.717, 1.165) is 55.5 Å². The van der Waals surface area contributed by atoms with E-state index < -0.39 is 96.1 Å². The number of aliphatic hydroxyl groups is 6. The first-order valence-electron chi connectivity index (χ1n) is 19.5. The van der Waals surface area contributed by atoms with E-state index in [1.807, 2.05) is 7.05 Å². The zero-order chi connectivity index (χ0) is 47.4. The number of hydrogen-bond donors (Lipinski definition) is 7. The molecule has 2 aromatic carbocycles. The zero-order valence-corrected chi connectivity index (χ0v) is 35.4. The lowest BCUT2D eigenvalue weighted by atomic mass is 10.0. The molecule has 2 aromatic rings. The van der Waals surface area contributed by atoms with Gasteiger partial charge in [-0.3, -0.25) is 29.8 Å². The minimum Gasteiger partial charge on any atom is -0.457 e. The maximum absolute atomic E-state index is 12.1. The van der Waals surface area contributed by atoms with E-state index in [-0.39, 0.29) is 35.7 Å². The molecule has 23 heteroatoms. The summed E-state index contributed by atoms with van der Waals surface area (Å²) in [5.41, 5.74) is -0.515. The second kappa shape index (κ2) is 31.3. The molecule has 0 saturated carbocycles. The van der Waals surface area contributed by atoms with Crippen molar-refractivity contribution in [1.82, 2.24) is 5.32 Å². The Hall–Kier alpha value is -5.56. The highest BCUT2D eigenvalue weighted by Gasteiger charge is 2.38. The molecule has 23 nitrogen and oxygen atoms in total. The first-order valence-corrected chi connectivity index (χ1v) is 19.5. The van der Waals surface area contributed by atoms with Crippen LogP contribution in [0.3, 0.4) is 0 Å². The summed E-state index contributed by atoms with van der Waals surface area (Å²) in [4.78, 5) is 66.4. The lowest BCUT2D eigenvalue weighted by molar-refractivity contribution is -0.385. The summed E-state index contributed by atoms with van der Waals surface area (Å²) >= 11 is 0. The molecule has 8 unspecified atom stereocenters. The maximum Gasteiger partial charge on any atom is 0.514 e. The largest absolute Gasteiger partial charge is 0.514 e. The van der Waals surface area contributed by atoms with Gasteiger partial charge in [0.05, 0.1) is 35.3 Å². The topological polar surface area (TPSA) is 343 Å². The molecule has 0 spiro atoms. The predicted molar refractivity (Wildman–Crippen MR) is 216 cm³/mol. The van der Waals surface area contributed by atoms with E-state index in [1.165, 1.54) is 39.2 Å². The SMILES string of the molecule is CC(O)C(OC(=O)Oc1ccc([N+](=O)[O-])cc1)C(O)C(CO)OC(=O)Oc1ccc([N+](=O)[O-])cc1.CCC(=O)OC(CO)C(O)C(OC(=O)CC)C(C)O.CCCCCCNC. The number of nitro groups is 2. The van der Waals surface area contributed by atoms with E-state index >= 15 is 0 Å². The minimum absolute atomic E-state index is 0.0779. The fourth-order valence-electron chi connectivity index (χ4n) is 4.72. The van der Waals surface area contributed by atoms with Crippen LogP contribution in [0.1, 0.15) is 73.1 Å². The third kappa shape index (κ3) is 22.3. The third-order valence-electron chi connectivity index (χ3n) is 8.13. The molecular weight excluding hydrogens is 830 g/mol. The van der Waals surface area contributed by atoms with Crippen LogP contribution in [0.5, 0.6) is 11.5 Å². The highest BCUT2D eigenvalue weighted by Crippen LogP contribution is 2.21. The molecule has 62 heavy (non-hydrogen) atoms. The van der Waals surface area contributed by atoms with Crippen molar-refractivity contribution in [2.24, 2.45) is 0 Å².